The average Bonchev–Trinajstić information content (AvgIpc) is 2.37. The quantitative estimate of drug-likeness (QED) is 0.859. The molecule has 2 rings (SSSR count). The van der Waals surface area contributed by atoms with Crippen LogP contribution in [0.3, 0.4) is 0 Å². The normalized spacial score (nSPS) is 18.5. The number of nitrogens with one attached hydrogen (secondary N) is 1. The molecule has 0 amide bonds. The lowest BCUT2D eigenvalue weighted by molar-refractivity contribution is 0.263. The maximum atomic E-state index is 13.9. The van der Waals surface area contributed by atoms with Gasteiger partial charge in [-0.2, -0.15) is 0 Å². The smallest absolute Gasteiger partial charge is 0.133 e. The summed E-state index contributed by atoms with van der Waals surface area (Å²) < 4.78 is 40.8. The first-order valence-electron chi connectivity index (χ1n) is 7.01. The highest BCUT2D eigenvalue weighted by atomic mass is 19.1. The van der Waals surface area contributed by atoms with Gasteiger partial charge >= 0.3 is 0 Å². The second-order valence-corrected chi connectivity index (χ2v) is 5.22. The second kappa shape index (κ2) is 6.42. The first kappa shape index (κ1) is 14.4. The fraction of sp³-hybridized carbons (Fsp3) is 0.600. The van der Waals surface area contributed by atoms with Gasteiger partial charge < -0.3 is 5.32 Å². The van der Waals surface area contributed by atoms with Crippen molar-refractivity contribution in [3.8, 4) is 0 Å². The third kappa shape index (κ3) is 3.30. The van der Waals surface area contributed by atoms with Crippen LogP contribution in [0.25, 0.3) is 0 Å². The predicted octanol–water partition coefficient (Wildman–Crippen LogP) is 4.33. The Morgan fingerprint density at radius 3 is 2.21 bits per heavy atom. The molecule has 0 bridgehead atoms. The van der Waals surface area contributed by atoms with Crippen molar-refractivity contribution in [2.24, 2.45) is 5.92 Å². The molecule has 106 valence electrons. The Labute approximate surface area is 112 Å². The summed E-state index contributed by atoms with van der Waals surface area (Å²) in [5, 5.41) is 3.17. The van der Waals surface area contributed by atoms with E-state index in [0.29, 0.717) is 6.54 Å². The fourth-order valence-electron chi connectivity index (χ4n) is 3.04. The zero-order valence-electron chi connectivity index (χ0n) is 11.2. The van der Waals surface area contributed by atoms with E-state index in [1.807, 2.05) is 6.92 Å². The molecule has 0 aromatic heterocycles. The predicted molar refractivity (Wildman–Crippen MR) is 69.3 cm³/mol. The number of benzene rings is 1. The Bertz CT molecular complexity index is 404. The van der Waals surface area contributed by atoms with E-state index in [0.717, 1.165) is 37.8 Å². The van der Waals surface area contributed by atoms with Gasteiger partial charge in [-0.1, -0.05) is 26.2 Å². The molecule has 0 heterocycles. The summed E-state index contributed by atoms with van der Waals surface area (Å²) in [6.45, 7) is 2.55. The molecule has 1 fully saturated rings. The third-order valence-corrected chi connectivity index (χ3v) is 3.90. The standard InChI is InChI=1S/C15H20F3N/c1-2-19-15(10-6-4-3-5-7-10)14-12(17)8-11(16)9-13(14)18/h8-10,15,19H,2-7H2,1H3. The van der Waals surface area contributed by atoms with Crippen LogP contribution in [-0.4, -0.2) is 6.54 Å². The van der Waals surface area contributed by atoms with E-state index in [-0.39, 0.29) is 17.5 Å². The summed E-state index contributed by atoms with van der Waals surface area (Å²) >= 11 is 0. The van der Waals surface area contributed by atoms with Crippen molar-refractivity contribution in [2.75, 3.05) is 6.54 Å². The highest BCUT2D eigenvalue weighted by Gasteiger charge is 2.29. The van der Waals surface area contributed by atoms with E-state index in [1.54, 1.807) is 0 Å². The van der Waals surface area contributed by atoms with E-state index in [4.69, 9.17) is 0 Å². The highest BCUT2D eigenvalue weighted by molar-refractivity contribution is 5.25. The van der Waals surface area contributed by atoms with Gasteiger partial charge in [0.25, 0.3) is 0 Å². The molecule has 1 unspecified atom stereocenters. The number of halogens is 3. The largest absolute Gasteiger partial charge is 0.310 e. The number of hydrogen-bond acceptors (Lipinski definition) is 1. The summed E-state index contributed by atoms with van der Waals surface area (Å²) in [6, 6.07) is 1.18. The van der Waals surface area contributed by atoms with Gasteiger partial charge in [-0.15, -0.1) is 0 Å². The lowest BCUT2D eigenvalue weighted by Crippen LogP contribution is -2.31. The molecule has 4 heteroatoms. The van der Waals surface area contributed by atoms with Crippen molar-refractivity contribution < 1.29 is 13.2 Å². The lowest BCUT2D eigenvalue weighted by Gasteiger charge is -2.31. The van der Waals surface area contributed by atoms with Gasteiger partial charge in [-0.25, -0.2) is 13.2 Å². The van der Waals surface area contributed by atoms with E-state index in [9.17, 15) is 13.2 Å². The molecule has 1 aromatic rings. The molecular weight excluding hydrogens is 251 g/mol. The molecule has 0 saturated heterocycles. The van der Waals surface area contributed by atoms with Crippen LogP contribution in [-0.2, 0) is 0 Å². The van der Waals surface area contributed by atoms with Crippen LogP contribution in [0.1, 0.15) is 50.6 Å². The molecule has 1 aliphatic carbocycles. The van der Waals surface area contributed by atoms with Crippen LogP contribution < -0.4 is 5.32 Å². The van der Waals surface area contributed by atoms with Gasteiger partial charge in [0.05, 0.1) is 0 Å². The summed E-state index contributed by atoms with van der Waals surface area (Å²) in [4.78, 5) is 0. The van der Waals surface area contributed by atoms with Gasteiger partial charge in [-0.05, 0) is 25.3 Å². The van der Waals surface area contributed by atoms with E-state index < -0.39 is 17.5 Å². The second-order valence-electron chi connectivity index (χ2n) is 5.22. The Balaban J connectivity index is 2.32. The first-order chi connectivity index (χ1) is 9.13. The van der Waals surface area contributed by atoms with Crippen LogP contribution >= 0.6 is 0 Å². The molecule has 1 atom stereocenters. The van der Waals surface area contributed by atoms with E-state index >= 15 is 0 Å². The van der Waals surface area contributed by atoms with Crippen molar-refractivity contribution in [3.05, 3.63) is 35.1 Å². The van der Waals surface area contributed by atoms with Gasteiger partial charge in [0.2, 0.25) is 0 Å². The summed E-state index contributed by atoms with van der Waals surface area (Å²) in [5.41, 5.74) is -0.00449. The number of hydrogen-bond donors (Lipinski definition) is 1. The van der Waals surface area contributed by atoms with Crippen molar-refractivity contribution in [1.82, 2.24) is 5.32 Å². The van der Waals surface area contributed by atoms with E-state index in [1.165, 1.54) is 6.42 Å². The molecule has 0 radical (unpaired) electrons. The van der Waals surface area contributed by atoms with Gasteiger partial charge in [-0.3, -0.25) is 0 Å². The van der Waals surface area contributed by atoms with E-state index in [2.05, 4.69) is 5.32 Å². The third-order valence-electron chi connectivity index (χ3n) is 3.90. The maximum Gasteiger partial charge on any atom is 0.133 e. The topological polar surface area (TPSA) is 12.0 Å². The Morgan fingerprint density at radius 1 is 1.11 bits per heavy atom. The first-order valence-corrected chi connectivity index (χ1v) is 7.01. The molecule has 0 aliphatic heterocycles. The minimum atomic E-state index is -0.863. The summed E-state index contributed by atoms with van der Waals surface area (Å²) in [6.07, 6.45) is 5.31. The number of rotatable bonds is 4. The Morgan fingerprint density at radius 2 is 1.68 bits per heavy atom. The van der Waals surface area contributed by atoms with Crippen LogP contribution in [0.4, 0.5) is 13.2 Å². The van der Waals surface area contributed by atoms with Crippen LogP contribution in [0, 0.1) is 23.4 Å². The molecule has 1 saturated carbocycles. The maximum absolute atomic E-state index is 13.9. The van der Waals surface area contributed by atoms with Crippen molar-refractivity contribution >= 4 is 0 Å². The summed E-state index contributed by atoms with van der Waals surface area (Å²) in [5.74, 6) is -2.20. The zero-order chi connectivity index (χ0) is 13.8. The van der Waals surface area contributed by atoms with Crippen LogP contribution in [0.15, 0.2) is 12.1 Å². The molecule has 19 heavy (non-hydrogen) atoms. The average molecular weight is 271 g/mol. The minimum Gasteiger partial charge on any atom is -0.310 e. The van der Waals surface area contributed by atoms with Gasteiger partial charge in [0.15, 0.2) is 0 Å². The molecule has 1 aromatic carbocycles. The van der Waals surface area contributed by atoms with Crippen molar-refractivity contribution in [2.45, 2.75) is 45.1 Å². The monoisotopic (exact) mass is 271 g/mol. The van der Waals surface area contributed by atoms with Crippen molar-refractivity contribution in [1.29, 1.82) is 0 Å². The summed E-state index contributed by atoms with van der Waals surface area (Å²) in [7, 11) is 0. The molecular formula is C15H20F3N. The molecule has 1 N–H and O–H groups in total. The SMILES string of the molecule is CCNC(c1c(F)cc(F)cc1F)C1CCCCC1. The van der Waals surface area contributed by atoms with Crippen LogP contribution in [0.5, 0.6) is 0 Å². The van der Waals surface area contributed by atoms with Gasteiger partial charge in [0, 0.05) is 23.7 Å². The fourth-order valence-corrected chi connectivity index (χ4v) is 3.04. The van der Waals surface area contributed by atoms with Crippen molar-refractivity contribution in [3.63, 3.8) is 0 Å². The molecule has 1 nitrogen and oxygen atoms in total. The zero-order valence-corrected chi connectivity index (χ0v) is 11.2. The Hall–Kier alpha value is -1.03. The lowest BCUT2D eigenvalue weighted by atomic mass is 9.80. The Kier molecular flexibility index (Phi) is 4.86. The highest BCUT2D eigenvalue weighted by Crippen LogP contribution is 2.36. The molecule has 1 aliphatic rings. The van der Waals surface area contributed by atoms with Gasteiger partial charge in [0.1, 0.15) is 17.5 Å². The minimum absolute atomic E-state index is 0.00449. The van der Waals surface area contributed by atoms with Crippen LogP contribution in [0.2, 0.25) is 0 Å². The molecule has 0 spiro atoms.